The summed E-state index contributed by atoms with van der Waals surface area (Å²) < 4.78 is 16.3. The molecule has 0 saturated heterocycles. The van der Waals surface area contributed by atoms with E-state index < -0.39 is 0 Å². The molecule has 1 aliphatic rings. The largest absolute Gasteiger partial charge is 0.324 e. The maximum atomic E-state index is 13.4. The summed E-state index contributed by atoms with van der Waals surface area (Å²) in [5.41, 5.74) is 3.90. The summed E-state index contributed by atoms with van der Waals surface area (Å²) in [6, 6.07) is 18.4. The first-order chi connectivity index (χ1) is 12.7. The molecule has 26 heavy (non-hydrogen) atoms. The number of para-hydroxylation sites is 2. The number of imidazole rings is 1. The Morgan fingerprint density at radius 1 is 1.04 bits per heavy atom. The Morgan fingerprint density at radius 3 is 2.62 bits per heavy atom. The zero-order chi connectivity index (χ0) is 17.7. The van der Waals surface area contributed by atoms with Gasteiger partial charge in [0.15, 0.2) is 0 Å². The molecule has 0 bridgehead atoms. The summed E-state index contributed by atoms with van der Waals surface area (Å²) in [7, 11) is 0. The van der Waals surface area contributed by atoms with Crippen molar-refractivity contribution in [3.63, 3.8) is 0 Å². The fourth-order valence-corrected chi connectivity index (χ4v) is 4.34. The van der Waals surface area contributed by atoms with Crippen LogP contribution < -0.4 is 5.32 Å². The highest BCUT2D eigenvalue weighted by Gasteiger charge is 2.25. The van der Waals surface area contributed by atoms with Crippen molar-refractivity contribution in [3.05, 3.63) is 87.3 Å². The minimum absolute atomic E-state index is 0.0878. The van der Waals surface area contributed by atoms with Crippen LogP contribution in [0.2, 0.25) is 4.34 Å². The lowest BCUT2D eigenvalue weighted by molar-refractivity contribution is 0.624. The summed E-state index contributed by atoms with van der Waals surface area (Å²) in [6.45, 7) is 0. The molecule has 2 aromatic carbocycles. The second kappa shape index (κ2) is 5.97. The summed E-state index contributed by atoms with van der Waals surface area (Å²) >= 11 is 7.63. The van der Waals surface area contributed by atoms with Crippen molar-refractivity contribution in [2.75, 3.05) is 5.32 Å². The zero-order valence-corrected chi connectivity index (χ0v) is 15.1. The summed E-state index contributed by atoms with van der Waals surface area (Å²) in [4.78, 5) is 5.78. The third-order valence-electron chi connectivity index (χ3n) is 4.50. The van der Waals surface area contributed by atoms with Crippen molar-refractivity contribution in [2.45, 2.75) is 6.04 Å². The summed E-state index contributed by atoms with van der Waals surface area (Å²) in [5, 5.41) is 3.42. The minimum Gasteiger partial charge on any atom is -0.324 e. The highest BCUT2D eigenvalue weighted by molar-refractivity contribution is 7.17. The fraction of sp³-hybridized carbons (Fsp3) is 0.0500. The molecule has 1 atom stereocenters. The first kappa shape index (κ1) is 15.6. The van der Waals surface area contributed by atoms with Crippen LogP contribution in [0, 0.1) is 5.82 Å². The Kier molecular flexibility index (Phi) is 3.58. The Morgan fingerprint density at radius 2 is 1.85 bits per heavy atom. The number of benzene rings is 2. The smallest absolute Gasteiger partial charge is 0.209 e. The fourth-order valence-electron chi connectivity index (χ4n) is 3.32. The van der Waals surface area contributed by atoms with Gasteiger partial charge < -0.3 is 5.32 Å². The Hall–Kier alpha value is -2.63. The van der Waals surface area contributed by atoms with Crippen LogP contribution in [0.4, 0.5) is 10.3 Å². The third-order valence-corrected chi connectivity index (χ3v) is 5.76. The van der Waals surface area contributed by atoms with Gasteiger partial charge in [0.2, 0.25) is 5.95 Å². The van der Waals surface area contributed by atoms with Gasteiger partial charge >= 0.3 is 0 Å². The van der Waals surface area contributed by atoms with Gasteiger partial charge in [0, 0.05) is 0 Å². The molecule has 3 heterocycles. The molecule has 1 aliphatic heterocycles. The van der Waals surface area contributed by atoms with Crippen molar-refractivity contribution < 1.29 is 4.39 Å². The average Bonchev–Trinajstić information content (AvgIpc) is 3.25. The molecule has 0 amide bonds. The van der Waals surface area contributed by atoms with Gasteiger partial charge in [0.1, 0.15) is 5.82 Å². The molecule has 0 radical (unpaired) electrons. The van der Waals surface area contributed by atoms with Crippen LogP contribution >= 0.6 is 22.9 Å². The predicted octanol–water partition coefficient (Wildman–Crippen LogP) is 5.95. The number of thiophene rings is 1. The van der Waals surface area contributed by atoms with Crippen molar-refractivity contribution in [1.29, 1.82) is 0 Å². The highest BCUT2D eigenvalue weighted by atomic mass is 35.5. The normalized spacial score (nSPS) is 16.2. The van der Waals surface area contributed by atoms with E-state index in [9.17, 15) is 4.39 Å². The second-order valence-electron chi connectivity index (χ2n) is 6.10. The molecule has 5 rings (SSSR count). The van der Waals surface area contributed by atoms with Gasteiger partial charge in [0.25, 0.3) is 0 Å². The first-order valence-electron chi connectivity index (χ1n) is 8.16. The van der Waals surface area contributed by atoms with Crippen LogP contribution in [0.15, 0.2) is 66.7 Å². The van der Waals surface area contributed by atoms with E-state index in [1.807, 2.05) is 48.5 Å². The van der Waals surface area contributed by atoms with E-state index in [0.717, 1.165) is 37.5 Å². The molecule has 0 spiro atoms. The molecule has 4 aromatic rings. The van der Waals surface area contributed by atoms with Gasteiger partial charge in [-0.25, -0.2) is 9.37 Å². The third kappa shape index (κ3) is 2.52. The number of anilines is 1. The lowest BCUT2D eigenvalue weighted by Crippen LogP contribution is -2.18. The van der Waals surface area contributed by atoms with Gasteiger partial charge in [-0.15, -0.1) is 11.3 Å². The molecular weight excluding hydrogens is 369 g/mol. The first-order valence-corrected chi connectivity index (χ1v) is 9.35. The van der Waals surface area contributed by atoms with Gasteiger partial charge in [-0.1, -0.05) is 35.9 Å². The Bertz CT molecular complexity index is 1140. The number of rotatable bonds is 2. The quantitative estimate of drug-likeness (QED) is 0.465. The standard InChI is InChI=1S/C20H13ClFN3S/c21-19-10-9-18(26-19)15-11-17(12-5-7-13(22)8-6-12)25-16-4-2-1-3-14(16)23-20(25)24-15/h1-11,17H,(H,23,24). The second-order valence-corrected chi connectivity index (χ2v) is 7.81. The number of aromatic nitrogens is 2. The van der Waals surface area contributed by atoms with Crippen LogP contribution in [0.3, 0.4) is 0 Å². The average molecular weight is 382 g/mol. The number of hydrogen-bond donors (Lipinski definition) is 1. The van der Waals surface area contributed by atoms with E-state index in [4.69, 9.17) is 16.6 Å². The number of allylic oxidation sites excluding steroid dienone is 1. The van der Waals surface area contributed by atoms with E-state index in [2.05, 4.69) is 16.0 Å². The Balaban J connectivity index is 1.72. The number of nitrogens with zero attached hydrogens (tertiary/aromatic N) is 2. The van der Waals surface area contributed by atoms with Crippen LogP contribution in [0.25, 0.3) is 16.7 Å². The number of hydrogen-bond acceptors (Lipinski definition) is 3. The van der Waals surface area contributed by atoms with Crippen molar-refractivity contribution in [2.24, 2.45) is 0 Å². The predicted molar refractivity (Wildman–Crippen MR) is 105 cm³/mol. The lowest BCUT2D eigenvalue weighted by atomic mass is 10.0. The topological polar surface area (TPSA) is 29.9 Å². The molecule has 1 N–H and O–H groups in total. The van der Waals surface area contributed by atoms with Crippen molar-refractivity contribution >= 4 is 45.6 Å². The van der Waals surface area contributed by atoms with E-state index in [-0.39, 0.29) is 11.9 Å². The number of halogens is 2. The molecule has 2 aromatic heterocycles. The molecule has 0 saturated carbocycles. The molecule has 6 heteroatoms. The van der Waals surface area contributed by atoms with E-state index in [1.165, 1.54) is 23.5 Å². The van der Waals surface area contributed by atoms with Crippen LogP contribution in [0.1, 0.15) is 16.5 Å². The molecule has 0 fully saturated rings. The Labute approximate surface area is 158 Å². The number of fused-ring (bicyclic) bond motifs is 3. The summed E-state index contributed by atoms with van der Waals surface area (Å²) in [5.74, 6) is 0.523. The van der Waals surface area contributed by atoms with Gasteiger partial charge in [0.05, 0.1) is 32.0 Å². The van der Waals surface area contributed by atoms with Gasteiger partial charge in [-0.2, -0.15) is 0 Å². The minimum atomic E-state index is -0.243. The monoisotopic (exact) mass is 381 g/mol. The maximum Gasteiger partial charge on any atom is 0.209 e. The van der Waals surface area contributed by atoms with Crippen molar-refractivity contribution in [3.8, 4) is 0 Å². The van der Waals surface area contributed by atoms with Crippen LogP contribution in [0.5, 0.6) is 0 Å². The molecule has 0 aliphatic carbocycles. The number of nitrogens with one attached hydrogen (secondary N) is 1. The van der Waals surface area contributed by atoms with Crippen LogP contribution in [-0.2, 0) is 0 Å². The molecular formula is C20H13ClFN3S. The zero-order valence-electron chi connectivity index (χ0n) is 13.5. The lowest BCUT2D eigenvalue weighted by Gasteiger charge is -2.26. The highest BCUT2D eigenvalue weighted by Crippen LogP contribution is 2.38. The van der Waals surface area contributed by atoms with Gasteiger partial charge in [-0.05, 0) is 48.0 Å². The van der Waals surface area contributed by atoms with Crippen molar-refractivity contribution in [1.82, 2.24) is 9.55 Å². The summed E-state index contributed by atoms with van der Waals surface area (Å²) in [6.07, 6.45) is 2.14. The SMILES string of the molecule is Fc1ccc(C2C=C(c3ccc(Cl)s3)Nc3nc4ccccc4n32)cc1. The molecule has 3 nitrogen and oxygen atoms in total. The van der Waals surface area contributed by atoms with E-state index >= 15 is 0 Å². The van der Waals surface area contributed by atoms with E-state index in [1.54, 1.807) is 0 Å². The molecule has 128 valence electrons. The van der Waals surface area contributed by atoms with Gasteiger partial charge in [-0.3, -0.25) is 4.57 Å². The van der Waals surface area contributed by atoms with Crippen LogP contribution in [-0.4, -0.2) is 9.55 Å². The maximum absolute atomic E-state index is 13.4. The molecule has 1 unspecified atom stereocenters. The van der Waals surface area contributed by atoms with E-state index in [0.29, 0.717) is 0 Å².